The molecular weight excluding hydrogens is 208 g/mol. The SMILES string of the molecule is C=C1CCC2COC(C3CCC=C(C)C3)C1C2. The van der Waals surface area contributed by atoms with Crippen molar-refractivity contribution in [3.05, 3.63) is 23.8 Å². The highest BCUT2D eigenvalue weighted by atomic mass is 16.5. The molecule has 17 heavy (non-hydrogen) atoms. The molecule has 0 aromatic carbocycles. The van der Waals surface area contributed by atoms with Gasteiger partial charge < -0.3 is 4.74 Å². The summed E-state index contributed by atoms with van der Waals surface area (Å²) in [5.41, 5.74) is 3.03. The van der Waals surface area contributed by atoms with Crippen LogP contribution in [0.3, 0.4) is 0 Å². The van der Waals surface area contributed by atoms with Crippen LogP contribution in [0.15, 0.2) is 23.8 Å². The van der Waals surface area contributed by atoms with Crippen LogP contribution in [0.4, 0.5) is 0 Å². The fourth-order valence-corrected chi connectivity index (χ4v) is 3.99. The van der Waals surface area contributed by atoms with E-state index in [-0.39, 0.29) is 0 Å². The van der Waals surface area contributed by atoms with Gasteiger partial charge in [-0.05, 0) is 57.3 Å². The molecular formula is C16H24O. The smallest absolute Gasteiger partial charge is 0.0671 e. The predicted octanol–water partition coefficient (Wildman–Crippen LogP) is 4.10. The van der Waals surface area contributed by atoms with Crippen LogP contribution in [0.25, 0.3) is 0 Å². The van der Waals surface area contributed by atoms with Crippen LogP contribution < -0.4 is 0 Å². The highest BCUT2D eigenvalue weighted by Crippen LogP contribution is 2.44. The summed E-state index contributed by atoms with van der Waals surface area (Å²) in [5, 5.41) is 0. The second-order valence-electron chi connectivity index (χ2n) is 6.30. The Morgan fingerprint density at radius 1 is 1.35 bits per heavy atom. The van der Waals surface area contributed by atoms with E-state index in [0.29, 0.717) is 12.0 Å². The molecule has 1 nitrogen and oxygen atoms in total. The van der Waals surface area contributed by atoms with Crippen molar-refractivity contribution in [3.63, 3.8) is 0 Å². The first-order chi connectivity index (χ1) is 8.24. The molecule has 2 fully saturated rings. The van der Waals surface area contributed by atoms with Gasteiger partial charge in [-0.15, -0.1) is 0 Å². The van der Waals surface area contributed by atoms with Crippen molar-refractivity contribution in [1.82, 2.24) is 0 Å². The average Bonchev–Trinajstić information content (AvgIpc) is 2.34. The molecule has 1 aliphatic heterocycles. The van der Waals surface area contributed by atoms with Crippen LogP contribution in [-0.4, -0.2) is 12.7 Å². The van der Waals surface area contributed by atoms with Gasteiger partial charge in [-0.1, -0.05) is 23.8 Å². The molecule has 2 bridgehead atoms. The minimum Gasteiger partial charge on any atom is -0.377 e. The summed E-state index contributed by atoms with van der Waals surface area (Å²) in [6.07, 6.45) is 10.6. The first-order valence-electron chi connectivity index (χ1n) is 7.19. The number of ether oxygens (including phenoxy) is 1. The average molecular weight is 232 g/mol. The van der Waals surface area contributed by atoms with Gasteiger partial charge >= 0.3 is 0 Å². The fraction of sp³-hybridized carbons (Fsp3) is 0.750. The summed E-state index contributed by atoms with van der Waals surface area (Å²) in [6.45, 7) is 7.58. The van der Waals surface area contributed by atoms with Crippen molar-refractivity contribution in [2.75, 3.05) is 6.61 Å². The van der Waals surface area contributed by atoms with Crippen LogP contribution >= 0.6 is 0 Å². The van der Waals surface area contributed by atoms with Gasteiger partial charge in [-0.2, -0.15) is 0 Å². The summed E-state index contributed by atoms with van der Waals surface area (Å²) in [6, 6.07) is 0. The van der Waals surface area contributed by atoms with E-state index in [1.807, 2.05) is 0 Å². The maximum atomic E-state index is 6.22. The molecule has 0 aromatic rings. The van der Waals surface area contributed by atoms with Gasteiger partial charge in [-0.25, -0.2) is 0 Å². The third-order valence-electron chi connectivity index (χ3n) is 4.99. The minimum atomic E-state index is 0.475. The lowest BCUT2D eigenvalue weighted by Gasteiger charge is -2.45. The zero-order valence-corrected chi connectivity index (χ0v) is 11.0. The summed E-state index contributed by atoms with van der Waals surface area (Å²) in [4.78, 5) is 0. The Hall–Kier alpha value is -0.560. The highest BCUT2D eigenvalue weighted by molar-refractivity contribution is 5.13. The van der Waals surface area contributed by atoms with Crippen molar-refractivity contribution in [3.8, 4) is 0 Å². The third kappa shape index (κ3) is 2.22. The number of fused-ring (bicyclic) bond motifs is 2. The Balaban J connectivity index is 1.74. The molecule has 1 heteroatoms. The lowest BCUT2D eigenvalue weighted by molar-refractivity contribution is -0.0881. The highest BCUT2D eigenvalue weighted by Gasteiger charge is 2.40. The zero-order chi connectivity index (χ0) is 11.8. The van der Waals surface area contributed by atoms with E-state index in [9.17, 15) is 0 Å². The maximum Gasteiger partial charge on any atom is 0.0671 e. The molecule has 1 heterocycles. The van der Waals surface area contributed by atoms with Gasteiger partial charge in [0.1, 0.15) is 0 Å². The monoisotopic (exact) mass is 232 g/mol. The van der Waals surface area contributed by atoms with Crippen molar-refractivity contribution < 1.29 is 4.74 Å². The summed E-state index contributed by atoms with van der Waals surface area (Å²) in [5.74, 6) is 2.24. The number of hydrogen-bond acceptors (Lipinski definition) is 1. The number of rotatable bonds is 1. The van der Waals surface area contributed by atoms with E-state index >= 15 is 0 Å². The van der Waals surface area contributed by atoms with Crippen LogP contribution in [0.1, 0.15) is 45.4 Å². The second kappa shape index (κ2) is 4.61. The first kappa shape index (κ1) is 11.5. The number of hydrogen-bond donors (Lipinski definition) is 0. The molecule has 1 saturated heterocycles. The maximum absolute atomic E-state index is 6.22. The fourth-order valence-electron chi connectivity index (χ4n) is 3.99. The van der Waals surface area contributed by atoms with E-state index in [1.54, 1.807) is 5.57 Å². The lowest BCUT2D eigenvalue weighted by atomic mass is 9.69. The quantitative estimate of drug-likeness (QED) is 0.618. The minimum absolute atomic E-state index is 0.475. The first-order valence-corrected chi connectivity index (χ1v) is 7.19. The molecule has 4 unspecified atom stereocenters. The molecule has 94 valence electrons. The van der Waals surface area contributed by atoms with Gasteiger partial charge in [0.2, 0.25) is 0 Å². The molecule has 2 aliphatic carbocycles. The van der Waals surface area contributed by atoms with E-state index < -0.39 is 0 Å². The van der Waals surface area contributed by atoms with E-state index in [0.717, 1.165) is 18.4 Å². The summed E-state index contributed by atoms with van der Waals surface area (Å²) in [7, 11) is 0. The van der Waals surface area contributed by atoms with E-state index in [1.165, 1.54) is 44.1 Å². The Labute approximate surface area is 105 Å². The Morgan fingerprint density at radius 3 is 3.06 bits per heavy atom. The van der Waals surface area contributed by atoms with Crippen molar-refractivity contribution in [2.45, 2.75) is 51.6 Å². The van der Waals surface area contributed by atoms with Gasteiger partial charge in [0, 0.05) is 12.5 Å². The van der Waals surface area contributed by atoms with Crippen LogP contribution in [0.5, 0.6) is 0 Å². The topological polar surface area (TPSA) is 9.23 Å². The molecule has 3 aliphatic rings. The summed E-state index contributed by atoms with van der Waals surface area (Å²) < 4.78 is 6.22. The molecule has 0 amide bonds. The predicted molar refractivity (Wildman–Crippen MR) is 70.8 cm³/mol. The van der Waals surface area contributed by atoms with Crippen molar-refractivity contribution in [2.24, 2.45) is 17.8 Å². The van der Waals surface area contributed by atoms with Crippen LogP contribution in [0, 0.1) is 17.8 Å². The third-order valence-corrected chi connectivity index (χ3v) is 4.99. The zero-order valence-electron chi connectivity index (χ0n) is 11.0. The number of allylic oxidation sites excluding steroid dienone is 2. The summed E-state index contributed by atoms with van der Waals surface area (Å²) >= 11 is 0. The molecule has 0 N–H and O–H groups in total. The Bertz CT molecular complexity index is 341. The van der Waals surface area contributed by atoms with Crippen LogP contribution in [0.2, 0.25) is 0 Å². The second-order valence-corrected chi connectivity index (χ2v) is 6.30. The molecule has 0 radical (unpaired) electrons. The standard InChI is InChI=1S/C16H24O/c1-11-4-3-5-14(8-11)16-15-9-13(10-17-16)7-6-12(15)2/h4,13-16H,2-3,5-10H2,1H3. The van der Waals surface area contributed by atoms with Gasteiger partial charge in [0.15, 0.2) is 0 Å². The van der Waals surface area contributed by atoms with E-state index in [2.05, 4.69) is 19.6 Å². The molecule has 0 spiro atoms. The molecule has 3 rings (SSSR count). The molecule has 4 atom stereocenters. The van der Waals surface area contributed by atoms with Crippen molar-refractivity contribution in [1.29, 1.82) is 0 Å². The van der Waals surface area contributed by atoms with Crippen LogP contribution in [-0.2, 0) is 4.74 Å². The molecule has 1 saturated carbocycles. The molecule has 0 aromatic heterocycles. The normalized spacial score (nSPS) is 42.2. The lowest BCUT2D eigenvalue weighted by Crippen LogP contribution is -2.43. The van der Waals surface area contributed by atoms with Gasteiger partial charge in [0.05, 0.1) is 6.10 Å². The largest absolute Gasteiger partial charge is 0.377 e. The van der Waals surface area contributed by atoms with E-state index in [4.69, 9.17) is 4.74 Å². The Morgan fingerprint density at radius 2 is 2.24 bits per heavy atom. The van der Waals surface area contributed by atoms with Gasteiger partial charge in [-0.3, -0.25) is 0 Å². The Kier molecular flexibility index (Phi) is 3.12. The van der Waals surface area contributed by atoms with Crippen molar-refractivity contribution >= 4 is 0 Å². The van der Waals surface area contributed by atoms with Gasteiger partial charge in [0.25, 0.3) is 0 Å².